The van der Waals surface area contributed by atoms with Crippen LogP contribution in [0.3, 0.4) is 0 Å². The molecule has 1 aliphatic heterocycles. The van der Waals surface area contributed by atoms with E-state index < -0.39 is 11.9 Å². The molecule has 1 heterocycles. The molecule has 0 spiro atoms. The minimum Gasteiger partial charge on any atom is -0.480 e. The molecule has 7 N–H and O–H groups in total. The van der Waals surface area contributed by atoms with E-state index >= 15 is 0 Å². The second-order valence-electron chi connectivity index (χ2n) is 27.4. The van der Waals surface area contributed by atoms with Gasteiger partial charge in [0.05, 0.1) is 104 Å². The topological polar surface area (TPSA) is 298 Å². The first-order valence-electron chi connectivity index (χ1n) is 36.0. The van der Waals surface area contributed by atoms with Crippen LogP contribution in [0.15, 0.2) is 0 Å². The van der Waals surface area contributed by atoms with E-state index in [1.54, 1.807) is 35.5 Å². The van der Waals surface area contributed by atoms with Gasteiger partial charge in [-0.2, -0.15) is 0 Å². The summed E-state index contributed by atoms with van der Waals surface area (Å²) in [6.07, 6.45) is 19.5. The second-order valence-corrected chi connectivity index (χ2v) is 27.4. The average Bonchev–Trinajstić information content (AvgIpc) is 1.41. The number of nitrogens with zero attached hydrogens (tertiary/aromatic N) is 4. The van der Waals surface area contributed by atoms with E-state index in [-0.39, 0.29) is 98.4 Å². The lowest BCUT2D eigenvalue weighted by molar-refractivity contribution is -0.205. The summed E-state index contributed by atoms with van der Waals surface area (Å²) >= 11 is 0. The second kappa shape index (κ2) is 46.8. The van der Waals surface area contributed by atoms with Crippen molar-refractivity contribution in [3.05, 3.63) is 0 Å². The summed E-state index contributed by atoms with van der Waals surface area (Å²) in [6.45, 7) is 25.9. The number of carboxylic acids is 2. The molecule has 94 heavy (non-hydrogen) atoms. The zero-order chi connectivity index (χ0) is 68.6. The maximum atomic E-state index is 13.9. The van der Waals surface area contributed by atoms with Crippen molar-refractivity contribution in [2.45, 2.75) is 196 Å². The lowest BCUT2D eigenvalue weighted by Crippen LogP contribution is -2.60. The van der Waals surface area contributed by atoms with Crippen LogP contribution in [0, 0.1) is 40.4 Å². The largest absolute Gasteiger partial charge is 0.480 e. The fourth-order valence-corrected chi connectivity index (χ4v) is 15.3. The van der Waals surface area contributed by atoms with Gasteiger partial charge in [0.15, 0.2) is 0 Å². The van der Waals surface area contributed by atoms with E-state index in [4.69, 9.17) is 33.2 Å². The van der Waals surface area contributed by atoms with Crippen molar-refractivity contribution in [1.29, 1.82) is 0 Å². The van der Waals surface area contributed by atoms with Crippen molar-refractivity contribution in [3.8, 4) is 0 Å². The first kappa shape index (κ1) is 82.1. The molecule has 544 valence electrons. The molecule has 0 aromatic carbocycles. The number of rotatable bonds is 52. The minimum atomic E-state index is -1.03. The van der Waals surface area contributed by atoms with E-state index in [0.29, 0.717) is 155 Å². The smallest absolute Gasteiger partial charge is 0.317 e. The summed E-state index contributed by atoms with van der Waals surface area (Å²) in [5.74, 6) is -0.424. The quantitative estimate of drug-likeness (QED) is 0.0326. The molecule has 0 radical (unpaired) electrons. The van der Waals surface area contributed by atoms with Crippen LogP contribution in [0.4, 0.5) is 4.79 Å². The number of fused-ring (bicyclic) bond motifs is 3. The molecule has 25 nitrogen and oxygen atoms in total. The molecule has 1 saturated heterocycles. The van der Waals surface area contributed by atoms with Gasteiger partial charge in [0.1, 0.15) is 0 Å². The normalized spacial score (nSPS) is 23.9. The molecular weight excluding hydrogens is 1210 g/mol. The SMILES string of the molecule is CCCCCCCCN(CCC[C@@H](C)[C@H]1CC[C@H]2C3[C@H](OCCCNC(C)=O)CC[C@](C)(CC[C@H](CC)OCCCNC(C)=O)[C@H]3C[C@H](OCCCNC(C)=O)[C@]12C)C(=O)NCCOCCOCCOCCOCCNC(=O)CN1CCN(CC(=O)O)CN(CC(=O)O)C1. The summed E-state index contributed by atoms with van der Waals surface area (Å²) in [7, 11) is 0. The van der Waals surface area contributed by atoms with Crippen LogP contribution >= 0.6 is 0 Å². The Labute approximate surface area is 563 Å². The van der Waals surface area contributed by atoms with E-state index in [0.717, 1.165) is 96.3 Å². The maximum absolute atomic E-state index is 13.9. The number of hydrogen-bond donors (Lipinski definition) is 7. The highest BCUT2D eigenvalue weighted by atomic mass is 16.6. The Bertz CT molecular complexity index is 2170. The Morgan fingerprint density at radius 1 is 0.553 bits per heavy atom. The number of carbonyl (C=O) groups excluding carboxylic acids is 5. The maximum Gasteiger partial charge on any atom is 0.317 e. The fraction of sp³-hybridized carbons (Fsp3) is 0.899. The standard InChI is InChI=1S/C69H127N9O16/c1-9-11-12-13-14-15-32-78(67(87)74-31-40-89-42-44-91-46-45-90-43-41-88-39-30-73-63(82)48-75-34-35-76(49-64(83)84)52-77(51-75)50-65(85)86)33-16-20-53(3)58-21-22-59-66-60(47-62(69(58,59)8)94-38-19-29-72-56(6)81)68(7,26-24-61(66)93-37-18-28-71-55(5)80)25-23-57(10-2)92-36-17-27-70-54(4)79/h53,57-62,66H,9-52H2,1-8H3,(H,70,79)(H,71,80)(H,72,81)(H,73,82)(H,74,87)(H,83,84)(H,85,86)/t53-,57+,58-,59+,60+,61-,62+,66?,68+,69-/m1/s1. The average molecular weight is 1340 g/mol. The van der Waals surface area contributed by atoms with Gasteiger partial charge >= 0.3 is 18.0 Å². The van der Waals surface area contributed by atoms with Crippen LogP contribution in [0.25, 0.3) is 0 Å². The highest BCUT2D eigenvalue weighted by Crippen LogP contribution is 2.67. The van der Waals surface area contributed by atoms with E-state index in [1.165, 1.54) is 25.7 Å². The molecule has 4 rings (SSSR count). The van der Waals surface area contributed by atoms with E-state index in [2.05, 4.69) is 61.2 Å². The summed E-state index contributed by atoms with van der Waals surface area (Å²) in [5, 5.41) is 33.3. The van der Waals surface area contributed by atoms with Crippen LogP contribution in [0.1, 0.15) is 177 Å². The number of urea groups is 1. The van der Waals surface area contributed by atoms with Gasteiger partial charge in [-0.1, -0.05) is 66.7 Å². The highest BCUT2D eigenvalue weighted by Gasteiger charge is 2.64. The Morgan fingerprint density at radius 2 is 1.09 bits per heavy atom. The predicted octanol–water partition coefficient (Wildman–Crippen LogP) is 6.35. The molecule has 4 aliphatic rings. The van der Waals surface area contributed by atoms with Crippen molar-refractivity contribution in [2.75, 3.05) is 165 Å². The molecule has 25 heteroatoms. The summed E-state index contributed by atoms with van der Waals surface area (Å²) in [6, 6.07) is -0.0577. The monoisotopic (exact) mass is 1340 g/mol. The minimum absolute atomic E-state index is 0.0225. The number of nitrogens with one attached hydrogen (secondary N) is 5. The molecule has 3 saturated carbocycles. The van der Waals surface area contributed by atoms with Gasteiger partial charge < -0.3 is 74.9 Å². The van der Waals surface area contributed by atoms with Crippen LogP contribution in [-0.2, 0) is 61.9 Å². The van der Waals surface area contributed by atoms with Gasteiger partial charge in [-0.3, -0.25) is 43.5 Å². The van der Waals surface area contributed by atoms with Gasteiger partial charge in [-0.05, 0) is 125 Å². The molecule has 0 bridgehead atoms. The highest BCUT2D eigenvalue weighted by molar-refractivity contribution is 5.78. The Balaban J connectivity index is 1.26. The number of aliphatic carboxylic acids is 2. The van der Waals surface area contributed by atoms with Crippen molar-refractivity contribution in [1.82, 2.24) is 46.2 Å². The Morgan fingerprint density at radius 3 is 1.67 bits per heavy atom. The third-order valence-electron chi connectivity index (χ3n) is 20.1. The Hall–Kier alpha value is -4.31. The molecule has 6 amide bonds. The van der Waals surface area contributed by atoms with Crippen LogP contribution < -0.4 is 26.6 Å². The van der Waals surface area contributed by atoms with Crippen molar-refractivity contribution < 1.29 is 76.9 Å². The lowest BCUT2D eigenvalue weighted by atomic mass is 9.46. The number of carboxylic acid groups (broad SMARTS) is 2. The van der Waals surface area contributed by atoms with Gasteiger partial charge in [-0.25, -0.2) is 4.79 Å². The van der Waals surface area contributed by atoms with E-state index in [1.807, 2.05) is 4.90 Å². The number of hydrogen-bond acceptors (Lipinski definition) is 17. The van der Waals surface area contributed by atoms with E-state index in [9.17, 15) is 43.8 Å². The summed E-state index contributed by atoms with van der Waals surface area (Å²) in [4.78, 5) is 91.3. The zero-order valence-corrected chi connectivity index (χ0v) is 59.1. The fourth-order valence-electron chi connectivity index (χ4n) is 15.3. The third kappa shape index (κ3) is 31.5. The summed E-state index contributed by atoms with van der Waals surface area (Å²) < 4.78 is 43.4. The van der Waals surface area contributed by atoms with Crippen molar-refractivity contribution >= 4 is 41.6 Å². The third-order valence-corrected chi connectivity index (χ3v) is 20.1. The van der Waals surface area contributed by atoms with Crippen LogP contribution in [0.5, 0.6) is 0 Å². The van der Waals surface area contributed by atoms with Crippen LogP contribution in [0.2, 0.25) is 0 Å². The Kier molecular flexibility index (Phi) is 40.9. The number of carbonyl (C=O) groups is 7. The number of unbranched alkanes of at least 4 members (excludes halogenated alkanes) is 5. The predicted molar refractivity (Wildman–Crippen MR) is 360 cm³/mol. The van der Waals surface area contributed by atoms with Gasteiger partial charge in [0.25, 0.3) is 0 Å². The molecule has 1 unspecified atom stereocenters. The number of ether oxygens (including phenoxy) is 7. The number of amides is 6. The van der Waals surface area contributed by atoms with Gasteiger partial charge in [0.2, 0.25) is 23.6 Å². The molecule has 0 aromatic heterocycles. The summed E-state index contributed by atoms with van der Waals surface area (Å²) in [5.41, 5.74) is -0.0617. The van der Waals surface area contributed by atoms with Gasteiger partial charge in [0, 0.05) is 105 Å². The molecular formula is C69H127N9O16. The first-order valence-corrected chi connectivity index (χ1v) is 36.0. The first-order chi connectivity index (χ1) is 45.2. The van der Waals surface area contributed by atoms with Crippen LogP contribution in [-0.4, -0.2) is 254 Å². The van der Waals surface area contributed by atoms with Crippen molar-refractivity contribution in [3.63, 3.8) is 0 Å². The molecule has 4 fully saturated rings. The lowest BCUT2D eigenvalue weighted by Gasteiger charge is -2.61. The van der Waals surface area contributed by atoms with Crippen molar-refractivity contribution in [2.24, 2.45) is 40.4 Å². The molecule has 3 aliphatic carbocycles. The zero-order valence-electron chi connectivity index (χ0n) is 59.1. The molecule has 10 atom stereocenters. The van der Waals surface area contributed by atoms with Gasteiger partial charge in [-0.15, -0.1) is 0 Å². The molecule has 0 aromatic rings.